The summed E-state index contributed by atoms with van der Waals surface area (Å²) in [5.41, 5.74) is 0. The molecule has 0 saturated carbocycles. The molecule has 0 aliphatic carbocycles. The standard InChI is InChI=1S/C37H74O6/c1-4-5-6-7-16-19-22-27-39-30-32-41-34-35-42-33-31-40-28-24-26-37(38)43-29-23-20-17-14-12-10-8-9-11-13-15-18-21-25-36(2)3/h36H,4-35H2,1-3H3. The molecule has 0 radical (unpaired) electrons. The van der Waals surface area contributed by atoms with Crippen LogP contribution in [0.5, 0.6) is 0 Å². The summed E-state index contributed by atoms with van der Waals surface area (Å²) in [6.45, 7) is 12.3. The van der Waals surface area contributed by atoms with Gasteiger partial charge >= 0.3 is 5.97 Å². The zero-order chi connectivity index (χ0) is 31.3. The van der Waals surface area contributed by atoms with E-state index < -0.39 is 0 Å². The molecule has 0 aliphatic rings. The fourth-order valence-corrected chi connectivity index (χ4v) is 5.10. The Labute approximate surface area is 268 Å². The van der Waals surface area contributed by atoms with Crippen LogP contribution >= 0.6 is 0 Å². The maximum absolute atomic E-state index is 11.9. The molecule has 0 rings (SSSR count). The summed E-state index contributed by atoms with van der Waals surface area (Å²) in [6.07, 6.45) is 29.0. The van der Waals surface area contributed by atoms with Gasteiger partial charge in [-0.1, -0.05) is 143 Å². The molecule has 6 heteroatoms. The SMILES string of the molecule is CCCCCCCCCOCCOCCOCCOCCCC(=O)OCCCCCCCCCCCCCCCC(C)C. The van der Waals surface area contributed by atoms with Crippen molar-refractivity contribution in [3.8, 4) is 0 Å². The average Bonchev–Trinajstić information content (AvgIpc) is 2.99. The summed E-state index contributed by atoms with van der Waals surface area (Å²) >= 11 is 0. The second-order valence-corrected chi connectivity index (χ2v) is 12.7. The first-order valence-corrected chi connectivity index (χ1v) is 18.6. The molecule has 43 heavy (non-hydrogen) atoms. The molecule has 0 spiro atoms. The van der Waals surface area contributed by atoms with Crippen molar-refractivity contribution in [2.45, 2.75) is 168 Å². The van der Waals surface area contributed by atoms with Crippen molar-refractivity contribution >= 4 is 5.97 Å². The fraction of sp³-hybridized carbons (Fsp3) is 0.973. The van der Waals surface area contributed by atoms with Crippen molar-refractivity contribution in [3.05, 3.63) is 0 Å². The lowest BCUT2D eigenvalue weighted by Gasteiger charge is -2.08. The van der Waals surface area contributed by atoms with Crippen LogP contribution in [0.3, 0.4) is 0 Å². The number of hydrogen-bond acceptors (Lipinski definition) is 6. The molecule has 0 fully saturated rings. The maximum Gasteiger partial charge on any atom is 0.305 e. The Bertz CT molecular complexity index is 527. The van der Waals surface area contributed by atoms with E-state index in [4.69, 9.17) is 23.7 Å². The minimum Gasteiger partial charge on any atom is -0.466 e. The van der Waals surface area contributed by atoms with Gasteiger partial charge in [0.1, 0.15) is 0 Å². The van der Waals surface area contributed by atoms with Gasteiger partial charge in [-0.05, 0) is 25.2 Å². The summed E-state index contributed by atoms with van der Waals surface area (Å²) < 4.78 is 27.6. The molecule has 0 heterocycles. The van der Waals surface area contributed by atoms with Gasteiger partial charge in [0.05, 0.1) is 46.2 Å². The lowest BCUT2D eigenvalue weighted by atomic mass is 10.0. The third-order valence-corrected chi connectivity index (χ3v) is 7.87. The van der Waals surface area contributed by atoms with Crippen LogP contribution < -0.4 is 0 Å². The predicted octanol–water partition coefficient (Wildman–Crippen LogP) is 10.2. The van der Waals surface area contributed by atoms with Crippen LogP contribution in [-0.2, 0) is 28.5 Å². The molecule has 258 valence electrons. The van der Waals surface area contributed by atoms with Gasteiger partial charge in [0.2, 0.25) is 0 Å². The number of unbranched alkanes of at least 4 members (excludes halogenated alkanes) is 18. The quantitative estimate of drug-likeness (QED) is 0.0512. The Balaban J connectivity index is 3.15. The van der Waals surface area contributed by atoms with E-state index in [1.165, 1.54) is 116 Å². The minimum atomic E-state index is -0.108. The number of carbonyl (C=O) groups excluding carboxylic acids is 1. The van der Waals surface area contributed by atoms with Crippen LogP contribution in [0.1, 0.15) is 168 Å². The number of carbonyl (C=O) groups is 1. The molecule has 0 aromatic heterocycles. The third-order valence-electron chi connectivity index (χ3n) is 7.87. The Morgan fingerprint density at radius 1 is 0.419 bits per heavy atom. The van der Waals surface area contributed by atoms with E-state index in [-0.39, 0.29) is 5.97 Å². The average molecular weight is 615 g/mol. The van der Waals surface area contributed by atoms with Gasteiger partial charge in [-0.2, -0.15) is 0 Å². The van der Waals surface area contributed by atoms with E-state index in [1.807, 2.05) is 0 Å². The molecule has 0 aromatic carbocycles. The van der Waals surface area contributed by atoms with Gasteiger partial charge in [-0.25, -0.2) is 0 Å². The Kier molecular flexibility index (Phi) is 36.9. The predicted molar refractivity (Wildman–Crippen MR) is 181 cm³/mol. The van der Waals surface area contributed by atoms with Crippen molar-refractivity contribution in [2.75, 3.05) is 59.5 Å². The van der Waals surface area contributed by atoms with Crippen LogP contribution in [-0.4, -0.2) is 65.4 Å². The number of hydrogen-bond donors (Lipinski definition) is 0. The number of esters is 1. The Hall–Kier alpha value is -0.690. The fourth-order valence-electron chi connectivity index (χ4n) is 5.10. The highest BCUT2D eigenvalue weighted by molar-refractivity contribution is 5.69. The van der Waals surface area contributed by atoms with Crippen LogP contribution in [0.4, 0.5) is 0 Å². The Morgan fingerprint density at radius 2 is 0.767 bits per heavy atom. The van der Waals surface area contributed by atoms with Crippen LogP contribution in [0.2, 0.25) is 0 Å². The number of ether oxygens (including phenoxy) is 5. The monoisotopic (exact) mass is 615 g/mol. The van der Waals surface area contributed by atoms with Crippen molar-refractivity contribution < 1.29 is 28.5 Å². The van der Waals surface area contributed by atoms with Crippen LogP contribution in [0.25, 0.3) is 0 Å². The summed E-state index contributed by atoms with van der Waals surface area (Å²) in [4.78, 5) is 11.9. The first kappa shape index (κ1) is 42.3. The van der Waals surface area contributed by atoms with E-state index in [0.717, 1.165) is 31.8 Å². The van der Waals surface area contributed by atoms with Gasteiger partial charge in [0.25, 0.3) is 0 Å². The van der Waals surface area contributed by atoms with Gasteiger partial charge in [0, 0.05) is 19.6 Å². The zero-order valence-electron chi connectivity index (χ0n) is 29.2. The molecule has 0 saturated heterocycles. The molecule has 0 bridgehead atoms. The lowest BCUT2D eigenvalue weighted by Crippen LogP contribution is -2.12. The molecule has 0 N–H and O–H groups in total. The molecule has 6 nitrogen and oxygen atoms in total. The van der Waals surface area contributed by atoms with Crippen molar-refractivity contribution in [3.63, 3.8) is 0 Å². The van der Waals surface area contributed by atoms with E-state index >= 15 is 0 Å². The summed E-state index contributed by atoms with van der Waals surface area (Å²) in [7, 11) is 0. The van der Waals surface area contributed by atoms with Crippen molar-refractivity contribution in [1.29, 1.82) is 0 Å². The smallest absolute Gasteiger partial charge is 0.305 e. The van der Waals surface area contributed by atoms with Gasteiger partial charge in [-0.3, -0.25) is 4.79 Å². The van der Waals surface area contributed by atoms with Crippen LogP contribution in [0, 0.1) is 5.92 Å². The highest BCUT2D eigenvalue weighted by atomic mass is 16.6. The van der Waals surface area contributed by atoms with Gasteiger partial charge in [0.15, 0.2) is 0 Å². The summed E-state index contributed by atoms with van der Waals surface area (Å²) in [5, 5.41) is 0. The molecule has 0 unspecified atom stereocenters. The highest BCUT2D eigenvalue weighted by Crippen LogP contribution is 2.14. The molecular formula is C37H74O6. The summed E-state index contributed by atoms with van der Waals surface area (Å²) in [6, 6.07) is 0. The zero-order valence-corrected chi connectivity index (χ0v) is 29.2. The van der Waals surface area contributed by atoms with Gasteiger partial charge < -0.3 is 23.7 Å². The highest BCUT2D eigenvalue weighted by Gasteiger charge is 2.03. The minimum absolute atomic E-state index is 0.108. The maximum atomic E-state index is 11.9. The van der Waals surface area contributed by atoms with E-state index in [1.54, 1.807) is 0 Å². The lowest BCUT2D eigenvalue weighted by molar-refractivity contribution is -0.144. The largest absolute Gasteiger partial charge is 0.466 e. The molecule has 0 aliphatic heterocycles. The van der Waals surface area contributed by atoms with Crippen molar-refractivity contribution in [2.24, 2.45) is 5.92 Å². The second kappa shape index (κ2) is 37.5. The first-order valence-electron chi connectivity index (χ1n) is 18.6. The topological polar surface area (TPSA) is 63.2 Å². The molecule has 0 atom stereocenters. The second-order valence-electron chi connectivity index (χ2n) is 12.7. The first-order chi connectivity index (χ1) is 21.2. The molecule has 0 amide bonds. The molecular weight excluding hydrogens is 540 g/mol. The van der Waals surface area contributed by atoms with E-state index in [0.29, 0.717) is 65.7 Å². The molecule has 0 aromatic rings. The number of rotatable bonds is 37. The van der Waals surface area contributed by atoms with Gasteiger partial charge in [-0.15, -0.1) is 0 Å². The van der Waals surface area contributed by atoms with E-state index in [2.05, 4.69) is 20.8 Å². The summed E-state index contributed by atoms with van der Waals surface area (Å²) in [5.74, 6) is 0.753. The van der Waals surface area contributed by atoms with Crippen LogP contribution in [0.15, 0.2) is 0 Å². The van der Waals surface area contributed by atoms with E-state index in [9.17, 15) is 4.79 Å². The Morgan fingerprint density at radius 3 is 1.21 bits per heavy atom. The normalized spacial score (nSPS) is 11.5. The van der Waals surface area contributed by atoms with Crippen molar-refractivity contribution in [1.82, 2.24) is 0 Å². The third kappa shape index (κ3) is 39.3.